The van der Waals surface area contributed by atoms with Crippen molar-refractivity contribution in [1.29, 1.82) is 0 Å². The van der Waals surface area contributed by atoms with Crippen molar-refractivity contribution in [3.05, 3.63) is 191 Å². The van der Waals surface area contributed by atoms with Crippen LogP contribution in [0.25, 0.3) is 0 Å². The summed E-state index contributed by atoms with van der Waals surface area (Å²) < 4.78 is 131. The van der Waals surface area contributed by atoms with Gasteiger partial charge in [0, 0.05) is 45.5 Å². The average molecular weight is 727 g/mol. The smallest absolute Gasteiger partial charge is 0.126 e. The topological polar surface area (TPSA) is 18.5 Å². The molecule has 0 aromatic heterocycles. The first kappa shape index (κ1) is 35.4. The first-order valence-corrected chi connectivity index (χ1v) is 17.4. The Morgan fingerprint density at radius 2 is 0.540 bits per heavy atom. The Morgan fingerprint density at radius 3 is 0.760 bits per heavy atom. The average Bonchev–Trinajstić information content (AvgIpc) is 3.05. The van der Waals surface area contributed by atoms with Crippen LogP contribution in [0.2, 0.25) is 0 Å². The van der Waals surface area contributed by atoms with Crippen molar-refractivity contribution in [1.82, 2.24) is 0 Å². The molecule has 0 fully saturated rings. The zero-order valence-electron chi connectivity index (χ0n) is 25.6. The summed E-state index contributed by atoms with van der Waals surface area (Å²) in [6, 6.07) is 27.1. The standard InChI is InChI=1S/C38H24F8O2P2/c39-25-11-26(40)16-33(15-25)49(34-17-27(41)12-28(42)18-34)47-37(23-7-3-1-4-8-23)38(24-9-5-2-6-10-24)48-50(35-19-29(43)13-30(44)20-35)36-21-31(45)14-32(46)22-36/h1-22,37-38H/t37-,38-/m0/s1. The molecule has 50 heavy (non-hydrogen) atoms. The largest absolute Gasteiger partial charge is 0.339 e. The molecule has 0 amide bonds. The van der Waals surface area contributed by atoms with Crippen molar-refractivity contribution >= 4 is 37.5 Å². The van der Waals surface area contributed by atoms with Gasteiger partial charge in [0.1, 0.15) is 58.7 Å². The van der Waals surface area contributed by atoms with Gasteiger partial charge in [-0.05, 0) is 59.7 Å². The highest BCUT2D eigenvalue weighted by atomic mass is 31.1. The van der Waals surface area contributed by atoms with Crippen LogP contribution in [0.3, 0.4) is 0 Å². The Morgan fingerprint density at radius 1 is 0.320 bits per heavy atom. The fourth-order valence-electron chi connectivity index (χ4n) is 5.26. The van der Waals surface area contributed by atoms with Gasteiger partial charge < -0.3 is 9.05 Å². The molecular formula is C38H24F8O2P2. The molecule has 6 rings (SSSR count). The van der Waals surface area contributed by atoms with E-state index in [2.05, 4.69) is 0 Å². The van der Waals surface area contributed by atoms with Gasteiger partial charge in [-0.15, -0.1) is 0 Å². The second kappa shape index (κ2) is 15.6. The third-order valence-electron chi connectivity index (χ3n) is 7.30. The van der Waals surface area contributed by atoms with E-state index in [1.54, 1.807) is 60.7 Å². The molecule has 12 heteroatoms. The van der Waals surface area contributed by atoms with Crippen molar-refractivity contribution in [2.45, 2.75) is 12.2 Å². The predicted octanol–water partition coefficient (Wildman–Crippen LogP) is 9.71. The monoisotopic (exact) mass is 726 g/mol. The van der Waals surface area contributed by atoms with Crippen LogP contribution in [-0.2, 0) is 9.05 Å². The quantitative estimate of drug-likeness (QED) is 0.0979. The summed E-state index contributed by atoms with van der Waals surface area (Å²) in [7, 11) is -4.86. The molecule has 2 atom stereocenters. The maximum Gasteiger partial charge on any atom is 0.126 e. The lowest BCUT2D eigenvalue weighted by molar-refractivity contribution is 0.0749. The molecule has 0 heterocycles. The number of halogens is 8. The highest BCUT2D eigenvalue weighted by Gasteiger charge is 2.35. The maximum absolute atomic E-state index is 14.6. The fraction of sp³-hybridized carbons (Fsp3) is 0.0526. The zero-order chi connectivity index (χ0) is 35.4. The Kier molecular flexibility index (Phi) is 11.0. The van der Waals surface area contributed by atoms with Crippen LogP contribution in [0, 0.1) is 46.5 Å². The first-order chi connectivity index (χ1) is 24.0. The van der Waals surface area contributed by atoms with Gasteiger partial charge in [0.05, 0.1) is 16.3 Å². The van der Waals surface area contributed by atoms with Crippen LogP contribution < -0.4 is 21.2 Å². The van der Waals surface area contributed by atoms with Crippen LogP contribution in [0.15, 0.2) is 133 Å². The van der Waals surface area contributed by atoms with Gasteiger partial charge in [-0.1, -0.05) is 60.7 Å². The Labute approximate surface area is 284 Å². The Balaban J connectivity index is 1.56. The summed E-state index contributed by atoms with van der Waals surface area (Å²) in [6.45, 7) is 0. The summed E-state index contributed by atoms with van der Waals surface area (Å²) in [5.74, 6) is -7.74. The number of benzene rings is 6. The molecule has 0 N–H and O–H groups in total. The molecule has 0 saturated heterocycles. The fourth-order valence-corrected chi connectivity index (χ4v) is 9.19. The SMILES string of the molecule is Fc1cc(F)cc(P(O[C@@H](c2ccccc2)[C@@H](OP(c2cc(F)cc(F)c2)c2cc(F)cc(F)c2)c2ccccc2)c2cc(F)cc(F)c2)c1. The van der Waals surface area contributed by atoms with E-state index < -0.39 is 75.0 Å². The number of hydrogen-bond donors (Lipinski definition) is 0. The highest BCUT2D eigenvalue weighted by molar-refractivity contribution is 7.69. The molecule has 2 nitrogen and oxygen atoms in total. The molecule has 0 aliphatic carbocycles. The lowest BCUT2D eigenvalue weighted by Gasteiger charge is -2.34. The summed E-state index contributed by atoms with van der Waals surface area (Å²) in [6.07, 6.45) is -2.52. The second-order valence-corrected chi connectivity index (χ2v) is 14.6. The number of rotatable bonds is 11. The Bertz CT molecular complexity index is 1770. The van der Waals surface area contributed by atoms with E-state index in [1.165, 1.54) is 0 Å². The van der Waals surface area contributed by atoms with Gasteiger partial charge in [0.25, 0.3) is 0 Å². The van der Waals surface area contributed by atoms with Crippen LogP contribution in [0.4, 0.5) is 35.1 Å². The lowest BCUT2D eigenvalue weighted by atomic mass is 9.98. The van der Waals surface area contributed by atoms with Crippen LogP contribution >= 0.6 is 16.3 Å². The van der Waals surface area contributed by atoms with Gasteiger partial charge in [-0.3, -0.25) is 0 Å². The molecule has 0 saturated carbocycles. The van der Waals surface area contributed by atoms with Gasteiger partial charge in [0.2, 0.25) is 0 Å². The number of hydrogen-bond acceptors (Lipinski definition) is 2. The summed E-state index contributed by atoms with van der Waals surface area (Å²) in [5.41, 5.74) is 0.849. The Hall–Kier alpha value is -4.46. The van der Waals surface area contributed by atoms with Crippen molar-refractivity contribution in [3.8, 4) is 0 Å². The molecule has 0 bridgehead atoms. The van der Waals surface area contributed by atoms with Crippen molar-refractivity contribution in [3.63, 3.8) is 0 Å². The normalized spacial score (nSPS) is 12.8. The minimum absolute atomic E-state index is 0.0723. The van der Waals surface area contributed by atoms with Gasteiger partial charge in [-0.2, -0.15) is 0 Å². The van der Waals surface area contributed by atoms with E-state index in [9.17, 15) is 35.1 Å². The summed E-state index contributed by atoms with van der Waals surface area (Å²) >= 11 is 0. The van der Waals surface area contributed by atoms with Crippen LogP contribution in [0.5, 0.6) is 0 Å². The van der Waals surface area contributed by atoms with E-state index in [-0.39, 0.29) is 21.2 Å². The van der Waals surface area contributed by atoms with E-state index in [0.29, 0.717) is 35.4 Å². The summed E-state index contributed by atoms with van der Waals surface area (Å²) in [4.78, 5) is 0. The maximum atomic E-state index is 14.6. The van der Waals surface area contributed by atoms with E-state index in [1.807, 2.05) is 0 Å². The van der Waals surface area contributed by atoms with E-state index >= 15 is 0 Å². The van der Waals surface area contributed by atoms with Gasteiger partial charge in [-0.25, -0.2) is 35.1 Å². The van der Waals surface area contributed by atoms with Crippen molar-refractivity contribution in [2.75, 3.05) is 0 Å². The zero-order valence-corrected chi connectivity index (χ0v) is 27.4. The molecule has 6 aromatic carbocycles. The molecule has 0 unspecified atom stereocenters. The highest BCUT2D eigenvalue weighted by Crippen LogP contribution is 2.52. The van der Waals surface area contributed by atoms with Gasteiger partial charge in [0.15, 0.2) is 0 Å². The molecule has 0 aliphatic heterocycles. The lowest BCUT2D eigenvalue weighted by Crippen LogP contribution is -2.24. The second-order valence-electron chi connectivity index (χ2n) is 11.0. The summed E-state index contributed by atoms with van der Waals surface area (Å²) in [5, 5.41) is -0.289. The van der Waals surface area contributed by atoms with Crippen molar-refractivity contribution < 1.29 is 44.2 Å². The first-order valence-electron chi connectivity index (χ1n) is 14.9. The molecule has 0 aliphatic rings. The van der Waals surface area contributed by atoms with Crippen LogP contribution in [0.1, 0.15) is 23.3 Å². The van der Waals surface area contributed by atoms with Crippen LogP contribution in [-0.4, -0.2) is 0 Å². The van der Waals surface area contributed by atoms with Gasteiger partial charge >= 0.3 is 0 Å². The third-order valence-corrected chi connectivity index (χ3v) is 11.1. The van der Waals surface area contributed by atoms with E-state index in [0.717, 1.165) is 48.5 Å². The molecular weight excluding hydrogens is 702 g/mol. The molecule has 0 radical (unpaired) electrons. The third kappa shape index (κ3) is 8.63. The van der Waals surface area contributed by atoms with Crippen molar-refractivity contribution in [2.24, 2.45) is 0 Å². The minimum atomic E-state index is -2.43. The predicted molar refractivity (Wildman–Crippen MR) is 178 cm³/mol. The molecule has 6 aromatic rings. The minimum Gasteiger partial charge on any atom is -0.339 e. The molecule has 254 valence electrons. The molecule has 0 spiro atoms. The van der Waals surface area contributed by atoms with E-state index in [4.69, 9.17) is 9.05 Å².